The van der Waals surface area contributed by atoms with Crippen LogP contribution in [0, 0.1) is 5.92 Å². The average Bonchev–Trinajstić information content (AvgIpc) is 2.86. The highest BCUT2D eigenvalue weighted by atomic mass is 16.2. The van der Waals surface area contributed by atoms with Crippen molar-refractivity contribution < 1.29 is 4.79 Å². The van der Waals surface area contributed by atoms with Crippen LogP contribution in [0.2, 0.25) is 0 Å². The molecule has 1 amide bonds. The van der Waals surface area contributed by atoms with Crippen LogP contribution in [-0.2, 0) is 17.6 Å². The number of para-hydroxylation sites is 2. The van der Waals surface area contributed by atoms with Gasteiger partial charge in [0.1, 0.15) is 6.54 Å². The van der Waals surface area contributed by atoms with Crippen LogP contribution in [0.3, 0.4) is 0 Å². The van der Waals surface area contributed by atoms with E-state index < -0.39 is 0 Å². The van der Waals surface area contributed by atoms with Crippen LogP contribution >= 0.6 is 0 Å². The van der Waals surface area contributed by atoms with Gasteiger partial charge in [-0.1, -0.05) is 67.6 Å². The molecule has 4 rings (SSSR count). The molecule has 0 saturated carbocycles. The molecule has 3 aromatic carbocycles. The first kappa shape index (κ1) is 22.1. The quantitative estimate of drug-likeness (QED) is 0.403. The number of aryl methyl sites for hydroxylation is 1. The van der Waals surface area contributed by atoms with Gasteiger partial charge in [-0.25, -0.2) is 0 Å². The number of hydrogen-bond donors (Lipinski definition) is 0. The Morgan fingerprint density at radius 1 is 0.812 bits per heavy atom. The summed E-state index contributed by atoms with van der Waals surface area (Å²) < 4.78 is 0. The standard InChI is InChI=1S/C29H34N2O/c1-2-20-30(21-19-24-17-18-25-11-9-10-12-26(25)22-24)29(32)23-31(27-13-5-3-6-14-27)28-15-7-4-8-16-28/h3-16,24H,2,17-23H2,1H3. The van der Waals surface area contributed by atoms with E-state index in [1.807, 2.05) is 36.4 Å². The molecule has 32 heavy (non-hydrogen) atoms. The van der Waals surface area contributed by atoms with Crippen molar-refractivity contribution in [2.45, 2.75) is 39.0 Å². The Kier molecular flexibility index (Phi) is 7.60. The lowest BCUT2D eigenvalue weighted by molar-refractivity contribution is -0.129. The highest BCUT2D eigenvalue weighted by Crippen LogP contribution is 2.28. The number of carbonyl (C=O) groups excluding carboxylic acids is 1. The van der Waals surface area contributed by atoms with Gasteiger partial charge in [-0.3, -0.25) is 4.79 Å². The molecule has 166 valence electrons. The highest BCUT2D eigenvalue weighted by molar-refractivity contribution is 5.84. The number of rotatable bonds is 9. The van der Waals surface area contributed by atoms with Crippen LogP contribution in [0.15, 0.2) is 84.9 Å². The zero-order chi connectivity index (χ0) is 22.2. The second-order valence-electron chi connectivity index (χ2n) is 8.80. The van der Waals surface area contributed by atoms with Crippen molar-refractivity contribution >= 4 is 17.3 Å². The average molecular weight is 427 g/mol. The van der Waals surface area contributed by atoms with E-state index in [4.69, 9.17) is 0 Å². The largest absolute Gasteiger partial charge is 0.341 e. The maximum atomic E-state index is 13.4. The van der Waals surface area contributed by atoms with Gasteiger partial charge in [-0.2, -0.15) is 0 Å². The van der Waals surface area contributed by atoms with Crippen LogP contribution in [0.25, 0.3) is 0 Å². The molecule has 0 heterocycles. The number of nitrogens with zero attached hydrogens (tertiary/aromatic N) is 2. The van der Waals surface area contributed by atoms with Crippen LogP contribution in [0.4, 0.5) is 11.4 Å². The van der Waals surface area contributed by atoms with Gasteiger partial charge in [-0.05, 0) is 73.4 Å². The zero-order valence-electron chi connectivity index (χ0n) is 19.1. The minimum atomic E-state index is 0.204. The third-order valence-corrected chi connectivity index (χ3v) is 6.53. The minimum Gasteiger partial charge on any atom is -0.341 e. The summed E-state index contributed by atoms with van der Waals surface area (Å²) in [5.41, 5.74) is 5.10. The predicted molar refractivity (Wildman–Crippen MR) is 133 cm³/mol. The number of fused-ring (bicyclic) bond motifs is 1. The Morgan fingerprint density at radius 3 is 2.03 bits per heavy atom. The van der Waals surface area contributed by atoms with Gasteiger partial charge in [0, 0.05) is 24.5 Å². The van der Waals surface area contributed by atoms with Crippen LogP contribution in [0.1, 0.15) is 37.3 Å². The molecule has 0 N–H and O–H groups in total. The van der Waals surface area contributed by atoms with Gasteiger partial charge in [0.2, 0.25) is 5.91 Å². The first-order valence-electron chi connectivity index (χ1n) is 12.0. The molecule has 0 saturated heterocycles. The summed E-state index contributed by atoms with van der Waals surface area (Å²) in [5.74, 6) is 0.868. The van der Waals surface area contributed by atoms with Gasteiger partial charge >= 0.3 is 0 Å². The Hall–Kier alpha value is -3.07. The summed E-state index contributed by atoms with van der Waals surface area (Å²) in [6, 6.07) is 29.3. The molecule has 0 radical (unpaired) electrons. The first-order chi connectivity index (χ1) is 15.7. The van der Waals surface area contributed by atoms with Crippen molar-refractivity contribution in [3.8, 4) is 0 Å². The van der Waals surface area contributed by atoms with E-state index in [2.05, 4.69) is 65.3 Å². The van der Waals surface area contributed by atoms with Crippen molar-refractivity contribution in [2.75, 3.05) is 24.5 Å². The zero-order valence-corrected chi connectivity index (χ0v) is 19.1. The lowest BCUT2D eigenvalue weighted by atomic mass is 9.82. The van der Waals surface area contributed by atoms with E-state index in [1.54, 1.807) is 0 Å². The summed E-state index contributed by atoms with van der Waals surface area (Å²) in [5, 5.41) is 0. The van der Waals surface area contributed by atoms with Gasteiger partial charge < -0.3 is 9.80 Å². The Balaban J connectivity index is 1.43. The molecule has 0 aromatic heterocycles. The van der Waals surface area contributed by atoms with Crippen molar-refractivity contribution in [3.63, 3.8) is 0 Å². The fourth-order valence-electron chi connectivity index (χ4n) is 4.77. The van der Waals surface area contributed by atoms with Crippen LogP contribution in [0.5, 0.6) is 0 Å². The summed E-state index contributed by atoms with van der Waals surface area (Å²) in [7, 11) is 0. The molecule has 1 aliphatic carbocycles. The van der Waals surface area contributed by atoms with E-state index in [0.717, 1.165) is 43.7 Å². The number of benzene rings is 3. The van der Waals surface area contributed by atoms with Gasteiger partial charge in [-0.15, -0.1) is 0 Å². The molecule has 3 heteroatoms. The topological polar surface area (TPSA) is 23.6 Å². The second-order valence-corrected chi connectivity index (χ2v) is 8.80. The van der Waals surface area contributed by atoms with Crippen LogP contribution in [-0.4, -0.2) is 30.4 Å². The molecule has 0 fully saturated rings. The molecule has 1 unspecified atom stereocenters. The normalized spacial score (nSPS) is 15.1. The molecule has 1 atom stereocenters. The molecule has 3 nitrogen and oxygen atoms in total. The molecule has 0 aliphatic heterocycles. The molecule has 3 aromatic rings. The second kappa shape index (κ2) is 11.0. The van der Waals surface area contributed by atoms with E-state index >= 15 is 0 Å². The number of amides is 1. The monoisotopic (exact) mass is 426 g/mol. The summed E-state index contributed by atoms with van der Waals surface area (Å²) in [6.07, 6.45) is 5.60. The minimum absolute atomic E-state index is 0.204. The van der Waals surface area contributed by atoms with E-state index in [0.29, 0.717) is 12.5 Å². The van der Waals surface area contributed by atoms with Gasteiger partial charge in [0.05, 0.1) is 0 Å². The smallest absolute Gasteiger partial charge is 0.242 e. The third kappa shape index (κ3) is 5.59. The predicted octanol–water partition coefficient (Wildman–Crippen LogP) is 6.26. The van der Waals surface area contributed by atoms with Crippen molar-refractivity contribution in [2.24, 2.45) is 5.92 Å². The number of anilines is 2. The maximum absolute atomic E-state index is 13.4. The van der Waals surface area contributed by atoms with Crippen molar-refractivity contribution in [1.82, 2.24) is 4.90 Å². The van der Waals surface area contributed by atoms with Gasteiger partial charge in [0.25, 0.3) is 0 Å². The molecular formula is C29H34N2O. The Labute approximate surface area is 192 Å². The Bertz CT molecular complexity index is 947. The van der Waals surface area contributed by atoms with E-state index in [1.165, 1.54) is 24.0 Å². The molecule has 0 bridgehead atoms. The fraction of sp³-hybridized carbons (Fsp3) is 0.345. The SMILES string of the molecule is CCCN(CCC1CCc2ccccc2C1)C(=O)CN(c1ccccc1)c1ccccc1. The maximum Gasteiger partial charge on any atom is 0.242 e. The summed E-state index contributed by atoms with van der Waals surface area (Å²) >= 11 is 0. The molecular weight excluding hydrogens is 392 g/mol. The van der Waals surface area contributed by atoms with Gasteiger partial charge in [0.15, 0.2) is 0 Å². The molecule has 1 aliphatic rings. The summed E-state index contributed by atoms with van der Waals surface area (Å²) in [4.78, 5) is 17.7. The van der Waals surface area contributed by atoms with E-state index in [-0.39, 0.29) is 5.91 Å². The van der Waals surface area contributed by atoms with Crippen LogP contribution < -0.4 is 4.90 Å². The first-order valence-corrected chi connectivity index (χ1v) is 12.0. The lowest BCUT2D eigenvalue weighted by Gasteiger charge is -2.31. The highest BCUT2D eigenvalue weighted by Gasteiger charge is 2.22. The fourth-order valence-corrected chi connectivity index (χ4v) is 4.77. The molecule has 0 spiro atoms. The third-order valence-electron chi connectivity index (χ3n) is 6.53. The van der Waals surface area contributed by atoms with E-state index in [9.17, 15) is 4.79 Å². The number of carbonyl (C=O) groups is 1. The van der Waals surface area contributed by atoms with Crippen molar-refractivity contribution in [1.29, 1.82) is 0 Å². The number of hydrogen-bond acceptors (Lipinski definition) is 2. The summed E-state index contributed by atoms with van der Waals surface area (Å²) in [6.45, 7) is 4.18. The Morgan fingerprint density at radius 2 is 1.41 bits per heavy atom. The van der Waals surface area contributed by atoms with Crippen molar-refractivity contribution in [3.05, 3.63) is 96.1 Å². The lowest BCUT2D eigenvalue weighted by Crippen LogP contribution is -2.40.